The van der Waals surface area contributed by atoms with Gasteiger partial charge in [-0.3, -0.25) is 24.0 Å². The summed E-state index contributed by atoms with van der Waals surface area (Å²) in [6, 6.07) is 11.4. The molecule has 1 atom stereocenters. The van der Waals surface area contributed by atoms with E-state index in [-0.39, 0.29) is 39.6 Å². The van der Waals surface area contributed by atoms with Gasteiger partial charge in [0.05, 0.1) is 32.7 Å². The lowest BCUT2D eigenvalue weighted by Gasteiger charge is -2.33. The van der Waals surface area contributed by atoms with Crippen LogP contribution in [0.5, 0.6) is 5.75 Å². The van der Waals surface area contributed by atoms with E-state index < -0.39 is 49.9 Å². The molecule has 2 amide bonds. The Balaban J connectivity index is 1.79. The largest absolute Gasteiger partial charge is 0.495 e. The van der Waals surface area contributed by atoms with Gasteiger partial charge in [0.15, 0.2) is 0 Å². The highest BCUT2D eigenvalue weighted by molar-refractivity contribution is 7.92. The number of nitrogens with zero attached hydrogens (tertiary/aromatic N) is 3. The highest BCUT2D eigenvalue weighted by Crippen LogP contribution is 2.36. The summed E-state index contributed by atoms with van der Waals surface area (Å²) in [5.74, 6) is -1.06. The lowest BCUT2D eigenvalue weighted by Crippen LogP contribution is -2.53. The molecule has 0 unspecified atom stereocenters. The van der Waals surface area contributed by atoms with E-state index in [1.807, 2.05) is 0 Å². The zero-order chi connectivity index (χ0) is 34.5. The van der Waals surface area contributed by atoms with Crippen molar-refractivity contribution in [1.82, 2.24) is 10.2 Å². The minimum Gasteiger partial charge on any atom is -0.495 e. The number of hydrogen-bond acceptors (Lipinski definition) is 7. The second-order valence-electron chi connectivity index (χ2n) is 11.3. The predicted molar refractivity (Wildman–Crippen MR) is 182 cm³/mol. The quantitative estimate of drug-likeness (QED) is 0.158. The molecule has 1 saturated carbocycles. The first-order valence-electron chi connectivity index (χ1n) is 14.9. The number of carbonyl (C=O) groups excluding carboxylic acids is 2. The lowest BCUT2D eigenvalue weighted by atomic mass is 9.95. The van der Waals surface area contributed by atoms with Crippen LogP contribution in [0.15, 0.2) is 59.5 Å². The lowest BCUT2D eigenvalue weighted by molar-refractivity contribution is -0.385. The predicted octanol–water partition coefficient (Wildman–Crippen LogP) is 6.93. The van der Waals surface area contributed by atoms with Crippen molar-refractivity contribution in [2.75, 3.05) is 18.0 Å². The smallest absolute Gasteiger partial charge is 0.273 e. The number of hydrogen-bond donors (Lipinski definition) is 1. The third-order valence-electron chi connectivity index (χ3n) is 8.11. The number of anilines is 1. The van der Waals surface area contributed by atoms with Gasteiger partial charge in [-0.2, -0.15) is 0 Å². The SMILES string of the molecule is COc1ccc(Cl)cc1N(CC(=O)N(Cc1ccc(Cl)c(Cl)c1)[C@@H](C)C(=O)NC1CCCCC1)S(=O)(=O)c1ccc(C)c([N+](=O)[O-])c1. The number of rotatable bonds is 12. The van der Waals surface area contributed by atoms with Gasteiger partial charge in [-0.1, -0.05) is 66.2 Å². The minimum absolute atomic E-state index is 0.0365. The van der Waals surface area contributed by atoms with Crippen LogP contribution in [0.2, 0.25) is 15.1 Å². The minimum atomic E-state index is -4.66. The number of aryl methyl sites for hydroxylation is 1. The van der Waals surface area contributed by atoms with Crippen LogP contribution in [0.4, 0.5) is 11.4 Å². The fourth-order valence-corrected chi connectivity index (χ4v) is 7.36. The molecule has 0 aromatic heterocycles. The van der Waals surface area contributed by atoms with E-state index in [0.717, 1.165) is 42.5 Å². The average molecular weight is 726 g/mol. The summed E-state index contributed by atoms with van der Waals surface area (Å²) >= 11 is 18.7. The van der Waals surface area contributed by atoms with E-state index in [0.29, 0.717) is 10.6 Å². The van der Waals surface area contributed by atoms with Gasteiger partial charge >= 0.3 is 0 Å². The summed E-state index contributed by atoms with van der Waals surface area (Å²) in [6.07, 6.45) is 4.70. The van der Waals surface area contributed by atoms with Crippen molar-refractivity contribution in [3.63, 3.8) is 0 Å². The third-order valence-corrected chi connectivity index (χ3v) is 10.8. The van der Waals surface area contributed by atoms with Crippen LogP contribution in [0, 0.1) is 17.0 Å². The van der Waals surface area contributed by atoms with Gasteiger partial charge in [0.2, 0.25) is 11.8 Å². The number of nitrogens with one attached hydrogen (secondary N) is 1. The molecule has 0 saturated heterocycles. The molecule has 4 rings (SSSR count). The summed E-state index contributed by atoms with van der Waals surface area (Å²) < 4.78 is 34.8. The Bertz CT molecular complexity index is 1770. The Kier molecular flexibility index (Phi) is 12.0. The standard InChI is InChI=1S/C32H35Cl3N4O7S/c1-20-9-12-25(17-28(20)39(42)43)47(44,45)38(29-16-23(33)11-14-30(29)46-3)19-31(40)37(18-22-10-13-26(34)27(35)15-22)21(2)32(41)36-24-7-5-4-6-8-24/h9-17,21,24H,4-8,18-19H2,1-3H3,(H,36,41)/t21-/m0/s1. The van der Waals surface area contributed by atoms with Crippen LogP contribution in [-0.4, -0.2) is 55.8 Å². The number of nitro benzene ring substituents is 1. The molecule has 0 radical (unpaired) electrons. The Morgan fingerprint density at radius 3 is 2.36 bits per heavy atom. The highest BCUT2D eigenvalue weighted by atomic mass is 35.5. The van der Waals surface area contributed by atoms with Crippen molar-refractivity contribution in [1.29, 1.82) is 0 Å². The Morgan fingerprint density at radius 1 is 1.02 bits per heavy atom. The number of carbonyl (C=O) groups is 2. The van der Waals surface area contributed by atoms with Crippen molar-refractivity contribution in [2.24, 2.45) is 0 Å². The van der Waals surface area contributed by atoms with E-state index in [4.69, 9.17) is 39.5 Å². The molecule has 252 valence electrons. The van der Waals surface area contributed by atoms with Crippen molar-refractivity contribution < 1.29 is 27.7 Å². The Labute approximate surface area is 288 Å². The molecule has 1 N–H and O–H groups in total. The van der Waals surface area contributed by atoms with E-state index in [1.165, 1.54) is 49.3 Å². The van der Waals surface area contributed by atoms with Crippen LogP contribution >= 0.6 is 34.8 Å². The second-order valence-corrected chi connectivity index (χ2v) is 14.4. The zero-order valence-electron chi connectivity index (χ0n) is 26.0. The molecule has 11 nitrogen and oxygen atoms in total. The molecule has 0 heterocycles. The Hall–Kier alpha value is -3.58. The van der Waals surface area contributed by atoms with E-state index in [9.17, 15) is 28.1 Å². The maximum Gasteiger partial charge on any atom is 0.273 e. The highest BCUT2D eigenvalue weighted by Gasteiger charge is 2.35. The van der Waals surface area contributed by atoms with Crippen LogP contribution in [0.3, 0.4) is 0 Å². The molecule has 0 aliphatic heterocycles. The molecule has 47 heavy (non-hydrogen) atoms. The molecule has 15 heteroatoms. The number of ether oxygens (including phenoxy) is 1. The van der Waals surface area contributed by atoms with Crippen LogP contribution in [0.1, 0.15) is 50.2 Å². The van der Waals surface area contributed by atoms with Gasteiger partial charge < -0.3 is 15.0 Å². The first kappa shape index (κ1) is 36.3. The van der Waals surface area contributed by atoms with Gasteiger partial charge in [0.25, 0.3) is 15.7 Å². The molecule has 1 fully saturated rings. The van der Waals surface area contributed by atoms with Crippen molar-refractivity contribution in [3.05, 3.63) is 90.9 Å². The number of amides is 2. The van der Waals surface area contributed by atoms with Gasteiger partial charge in [-0.05, 0) is 68.7 Å². The monoisotopic (exact) mass is 724 g/mol. The van der Waals surface area contributed by atoms with Crippen molar-refractivity contribution in [2.45, 2.75) is 69.5 Å². The normalized spacial score (nSPS) is 14.3. The summed E-state index contributed by atoms with van der Waals surface area (Å²) in [5.41, 5.74) is 0.312. The number of nitro groups is 1. The Morgan fingerprint density at radius 2 is 1.72 bits per heavy atom. The van der Waals surface area contributed by atoms with Crippen LogP contribution in [0.25, 0.3) is 0 Å². The van der Waals surface area contributed by atoms with Gasteiger partial charge in [0, 0.05) is 29.2 Å². The van der Waals surface area contributed by atoms with E-state index >= 15 is 0 Å². The molecule has 1 aliphatic rings. The fourth-order valence-electron chi connectivity index (χ4n) is 5.43. The molecule has 1 aliphatic carbocycles. The summed E-state index contributed by atoms with van der Waals surface area (Å²) in [7, 11) is -3.33. The maximum absolute atomic E-state index is 14.3. The van der Waals surface area contributed by atoms with Gasteiger partial charge in [-0.25, -0.2) is 8.42 Å². The number of methoxy groups -OCH3 is 1. The zero-order valence-corrected chi connectivity index (χ0v) is 29.1. The third kappa shape index (κ3) is 8.67. The maximum atomic E-state index is 14.3. The summed E-state index contributed by atoms with van der Waals surface area (Å²) in [5, 5.41) is 15.4. The molecular weight excluding hydrogens is 691 g/mol. The van der Waals surface area contributed by atoms with Gasteiger partial charge in [0.1, 0.15) is 18.3 Å². The summed E-state index contributed by atoms with van der Waals surface area (Å²) in [4.78, 5) is 39.7. The molecule has 0 bridgehead atoms. The topological polar surface area (TPSA) is 139 Å². The average Bonchev–Trinajstić information content (AvgIpc) is 3.04. The first-order valence-corrected chi connectivity index (χ1v) is 17.5. The number of benzene rings is 3. The van der Waals surface area contributed by atoms with Crippen molar-refractivity contribution >= 4 is 68.0 Å². The number of sulfonamides is 1. The number of halogens is 3. The van der Waals surface area contributed by atoms with Crippen LogP contribution < -0.4 is 14.4 Å². The molecule has 3 aromatic rings. The first-order chi connectivity index (χ1) is 22.2. The molecule has 0 spiro atoms. The van der Waals surface area contributed by atoms with Crippen molar-refractivity contribution in [3.8, 4) is 5.75 Å². The second kappa shape index (κ2) is 15.5. The van der Waals surface area contributed by atoms with Gasteiger partial charge in [-0.15, -0.1) is 0 Å². The summed E-state index contributed by atoms with van der Waals surface area (Å²) in [6.45, 7) is 2.14. The molecular formula is C32H35Cl3N4O7S. The van der Waals surface area contributed by atoms with E-state index in [2.05, 4.69) is 5.32 Å². The fraction of sp³-hybridized carbons (Fsp3) is 0.375. The molecule has 3 aromatic carbocycles. The van der Waals surface area contributed by atoms with Crippen LogP contribution in [-0.2, 0) is 26.2 Å². The van der Waals surface area contributed by atoms with E-state index in [1.54, 1.807) is 25.1 Å².